The first kappa shape index (κ1) is 40.3. The van der Waals surface area contributed by atoms with Gasteiger partial charge in [0.15, 0.2) is 16.1 Å². The molecule has 0 aliphatic carbocycles. The summed E-state index contributed by atoms with van der Waals surface area (Å²) in [6.45, 7) is 4.63. The van der Waals surface area contributed by atoms with Crippen molar-refractivity contribution >= 4 is 74.7 Å². The van der Waals surface area contributed by atoms with E-state index in [1.54, 1.807) is 0 Å². The number of anilines is 3. The normalized spacial score (nSPS) is 15.2. The summed E-state index contributed by atoms with van der Waals surface area (Å²) >= 11 is 0. The minimum atomic E-state index is -3.16. The van der Waals surface area contributed by atoms with E-state index in [0.717, 1.165) is 45.4 Å². The lowest BCUT2D eigenvalue weighted by Crippen LogP contribution is -2.77. The van der Waals surface area contributed by atoms with Gasteiger partial charge in [0.2, 0.25) is 0 Å². The minimum absolute atomic E-state index is 0.314. The van der Waals surface area contributed by atoms with Crippen LogP contribution in [0, 0.1) is 0 Å². The fourth-order valence-corrected chi connectivity index (χ4v) is 22.1. The van der Waals surface area contributed by atoms with Crippen LogP contribution in [-0.2, 0) is 5.41 Å². The summed E-state index contributed by atoms with van der Waals surface area (Å²) in [5.74, 6) is 3.51. The summed E-state index contributed by atoms with van der Waals surface area (Å²) < 4.78 is 14.6. The summed E-state index contributed by atoms with van der Waals surface area (Å²) in [5.41, 5.74) is 7.45. The van der Waals surface area contributed by atoms with Crippen LogP contribution in [0.15, 0.2) is 249 Å². The summed E-state index contributed by atoms with van der Waals surface area (Å²) in [4.78, 5) is 2.55. The highest BCUT2D eigenvalue weighted by molar-refractivity contribution is 7.22. The highest BCUT2D eigenvalue weighted by Crippen LogP contribution is 2.54. The molecular weight excluding hydrogens is 859 g/mol. The third-order valence-electron chi connectivity index (χ3n) is 14.9. The van der Waals surface area contributed by atoms with E-state index in [9.17, 15) is 0 Å². The molecule has 3 aliphatic heterocycles. The Morgan fingerprint density at radius 2 is 0.765 bits per heavy atom. The molecule has 0 radical (unpaired) electrons. The predicted octanol–water partition coefficient (Wildman–Crippen LogP) is 10.4. The monoisotopic (exact) mass is 905 g/mol. The predicted molar refractivity (Wildman–Crippen MR) is 286 cm³/mol. The van der Waals surface area contributed by atoms with Crippen molar-refractivity contribution < 1.29 is 9.47 Å². The summed E-state index contributed by atoms with van der Waals surface area (Å²) in [5, 5.41) is 10.4. The molecule has 0 aromatic heterocycles. The van der Waals surface area contributed by atoms with Crippen LogP contribution in [0.2, 0.25) is 0 Å². The number of benzene rings is 10. The lowest BCUT2D eigenvalue weighted by molar-refractivity contribution is 0.419. The molecule has 0 bridgehead atoms. The van der Waals surface area contributed by atoms with Crippen LogP contribution in [0.3, 0.4) is 0 Å². The summed E-state index contributed by atoms with van der Waals surface area (Å²) in [6.07, 6.45) is 0. The molecule has 0 atom stereocenters. The minimum Gasteiger partial charge on any atom is -0.457 e. The van der Waals surface area contributed by atoms with Gasteiger partial charge < -0.3 is 14.4 Å². The third-order valence-corrected chi connectivity index (χ3v) is 24.6. The summed E-state index contributed by atoms with van der Waals surface area (Å²) in [7, 11) is -6.04. The smallest absolute Gasteiger partial charge is 0.188 e. The van der Waals surface area contributed by atoms with Gasteiger partial charge in [0.25, 0.3) is 0 Å². The second kappa shape index (κ2) is 15.6. The fraction of sp³-hybridized carbons (Fsp3) is 0.0476. The van der Waals surface area contributed by atoms with Crippen molar-refractivity contribution in [2.45, 2.75) is 19.3 Å². The van der Waals surface area contributed by atoms with Gasteiger partial charge in [-0.25, -0.2) is 0 Å². The molecule has 68 heavy (non-hydrogen) atoms. The average molecular weight is 906 g/mol. The van der Waals surface area contributed by atoms with Crippen LogP contribution < -0.4 is 55.9 Å². The maximum absolute atomic E-state index is 7.47. The number of fused-ring (bicyclic) bond motifs is 6. The molecule has 3 heterocycles. The van der Waals surface area contributed by atoms with Crippen LogP contribution in [0.5, 0.6) is 23.0 Å². The number of ether oxygens (including phenoxy) is 2. The second-order valence-corrected chi connectivity index (χ2v) is 26.2. The lowest BCUT2D eigenvalue weighted by Gasteiger charge is -2.46. The molecule has 10 aromatic rings. The van der Waals surface area contributed by atoms with Gasteiger partial charge in [-0.1, -0.05) is 226 Å². The van der Waals surface area contributed by atoms with E-state index in [1.807, 2.05) is 0 Å². The van der Waals surface area contributed by atoms with E-state index in [0.29, 0.717) is 0 Å². The maximum atomic E-state index is 7.47. The van der Waals surface area contributed by atoms with Crippen molar-refractivity contribution in [1.82, 2.24) is 0 Å². The van der Waals surface area contributed by atoms with Crippen LogP contribution in [0.1, 0.15) is 25.0 Å². The van der Waals surface area contributed by atoms with E-state index >= 15 is 0 Å². The number of hydrogen-bond acceptors (Lipinski definition) is 3. The molecule has 324 valence electrons. The van der Waals surface area contributed by atoms with Crippen molar-refractivity contribution in [3.05, 3.63) is 260 Å². The van der Waals surface area contributed by atoms with E-state index < -0.39 is 16.1 Å². The Hall–Kier alpha value is -7.97. The SMILES string of the molecule is CC1(C)c2ccccc2Oc2c(-c3cc(N4c5ccccc5[Si](c5ccccc5)(c5ccccc5)c5ccccc54)cc4c3Oc3ccccc3[Si]4(c3ccccc3)c3ccccc3)cccc21. The second-order valence-electron chi connectivity index (χ2n) is 18.7. The Bertz CT molecular complexity index is 3430. The van der Waals surface area contributed by atoms with Crippen molar-refractivity contribution in [1.29, 1.82) is 0 Å². The molecule has 0 saturated heterocycles. The number of rotatable bonds is 6. The first-order valence-corrected chi connectivity index (χ1v) is 27.6. The fourth-order valence-electron chi connectivity index (χ4n) is 12.0. The Morgan fingerprint density at radius 1 is 0.338 bits per heavy atom. The van der Waals surface area contributed by atoms with Crippen molar-refractivity contribution in [3.8, 4) is 34.1 Å². The zero-order valence-corrected chi connectivity index (χ0v) is 39.9. The summed E-state index contributed by atoms with van der Waals surface area (Å²) in [6, 6.07) is 92.1. The van der Waals surface area contributed by atoms with Gasteiger partial charge in [-0.05, 0) is 77.9 Å². The van der Waals surface area contributed by atoms with Gasteiger partial charge >= 0.3 is 0 Å². The van der Waals surface area contributed by atoms with Gasteiger partial charge in [-0.15, -0.1) is 0 Å². The first-order chi connectivity index (χ1) is 33.5. The van der Waals surface area contributed by atoms with Crippen LogP contribution in [0.4, 0.5) is 17.1 Å². The zero-order chi connectivity index (χ0) is 45.5. The largest absolute Gasteiger partial charge is 0.457 e. The molecule has 0 amide bonds. The van der Waals surface area contributed by atoms with E-state index in [-0.39, 0.29) is 5.41 Å². The maximum Gasteiger partial charge on any atom is 0.188 e. The van der Waals surface area contributed by atoms with E-state index in [4.69, 9.17) is 9.47 Å². The van der Waals surface area contributed by atoms with Crippen LogP contribution in [0.25, 0.3) is 11.1 Å². The van der Waals surface area contributed by atoms with Gasteiger partial charge in [0, 0.05) is 44.7 Å². The molecule has 10 aromatic carbocycles. The molecule has 3 aliphatic rings. The third kappa shape index (κ3) is 5.70. The number of hydrogen-bond donors (Lipinski definition) is 0. The number of nitrogens with zero attached hydrogens (tertiary/aromatic N) is 1. The van der Waals surface area contributed by atoms with Crippen molar-refractivity contribution in [3.63, 3.8) is 0 Å². The Kier molecular flexibility index (Phi) is 9.23. The topological polar surface area (TPSA) is 21.7 Å². The number of para-hydroxylation sites is 5. The molecule has 5 heteroatoms. The highest BCUT2D eigenvalue weighted by Gasteiger charge is 2.52. The van der Waals surface area contributed by atoms with Gasteiger partial charge in [0.1, 0.15) is 23.0 Å². The molecule has 0 spiro atoms. The molecule has 13 rings (SSSR count). The lowest BCUT2D eigenvalue weighted by atomic mass is 9.75. The quantitative estimate of drug-likeness (QED) is 0.155. The van der Waals surface area contributed by atoms with Crippen molar-refractivity contribution in [2.75, 3.05) is 4.90 Å². The average Bonchev–Trinajstić information content (AvgIpc) is 3.40. The molecule has 0 unspecified atom stereocenters. The van der Waals surface area contributed by atoms with Gasteiger partial charge in [0.05, 0.1) is 0 Å². The molecular formula is C63H47NO2Si2. The van der Waals surface area contributed by atoms with Crippen molar-refractivity contribution in [2.24, 2.45) is 0 Å². The zero-order valence-electron chi connectivity index (χ0n) is 37.9. The van der Waals surface area contributed by atoms with Crippen LogP contribution >= 0.6 is 0 Å². The first-order valence-electron chi connectivity index (χ1n) is 23.6. The molecule has 0 N–H and O–H groups in total. The van der Waals surface area contributed by atoms with E-state index in [2.05, 4.69) is 267 Å². The Labute approximate surface area is 400 Å². The van der Waals surface area contributed by atoms with E-state index in [1.165, 1.54) is 58.4 Å². The Morgan fingerprint density at radius 3 is 1.32 bits per heavy atom. The van der Waals surface area contributed by atoms with Gasteiger partial charge in [-0.2, -0.15) is 0 Å². The Balaban J connectivity index is 1.17. The standard InChI is InChI=1S/C63H47NO2Si2/c1-63(2)51-33-15-18-37-55(51)65-61-49(32-23-34-52(61)63)50-42-44(43-60-62(50)66-56-38-19-22-41-59(56)68(60,47-28-11-5-12-29-47)48-30-13-6-14-31-48)64-53-35-16-20-39-57(53)67(45-24-7-3-8-25-45,46-26-9-4-10-27-46)58-40-21-17-36-54(58)64/h3-43H,1-2H3. The molecule has 0 fully saturated rings. The molecule has 3 nitrogen and oxygen atoms in total. The van der Waals surface area contributed by atoms with Crippen LogP contribution in [-0.4, -0.2) is 16.1 Å². The van der Waals surface area contributed by atoms with Gasteiger partial charge in [-0.3, -0.25) is 0 Å². The highest BCUT2D eigenvalue weighted by atomic mass is 28.3. The molecule has 0 saturated carbocycles.